The largest absolute Gasteiger partial charge is 0.328 e. The van der Waals surface area contributed by atoms with Gasteiger partial charge in [0.05, 0.1) is 0 Å². The van der Waals surface area contributed by atoms with E-state index in [0.29, 0.717) is 6.04 Å². The molecule has 0 spiro atoms. The normalized spacial score (nSPS) is 20.8. The van der Waals surface area contributed by atoms with Crippen LogP contribution in [0.2, 0.25) is 0 Å². The van der Waals surface area contributed by atoms with Crippen LogP contribution in [0.5, 0.6) is 0 Å². The molecule has 78 valence electrons. The van der Waals surface area contributed by atoms with E-state index in [1.807, 2.05) is 0 Å². The first kappa shape index (κ1) is 11.0. The van der Waals surface area contributed by atoms with Gasteiger partial charge >= 0.3 is 0 Å². The van der Waals surface area contributed by atoms with Gasteiger partial charge in [0.1, 0.15) is 0 Å². The Labute approximate surface area is 81.7 Å². The van der Waals surface area contributed by atoms with Crippen LogP contribution >= 0.6 is 0 Å². The summed E-state index contributed by atoms with van der Waals surface area (Å²) in [5.74, 6) is 0. The summed E-state index contributed by atoms with van der Waals surface area (Å²) in [6, 6.07) is 0.458. The molecule has 1 saturated heterocycles. The SMILES string of the molecule is CCCNCCN1CCC(N)CC1. The molecule has 3 nitrogen and oxygen atoms in total. The second-order valence-electron chi connectivity index (χ2n) is 3.93. The Balaban J connectivity index is 1.96. The van der Waals surface area contributed by atoms with E-state index < -0.39 is 0 Å². The summed E-state index contributed by atoms with van der Waals surface area (Å²) >= 11 is 0. The number of hydrogen-bond acceptors (Lipinski definition) is 3. The molecule has 13 heavy (non-hydrogen) atoms. The molecule has 1 aliphatic rings. The minimum absolute atomic E-state index is 0.458. The maximum Gasteiger partial charge on any atom is 0.0107 e. The third-order valence-corrected chi connectivity index (χ3v) is 2.66. The minimum atomic E-state index is 0.458. The average Bonchev–Trinajstić information content (AvgIpc) is 2.15. The Hall–Kier alpha value is -0.120. The van der Waals surface area contributed by atoms with Crippen molar-refractivity contribution in [3.63, 3.8) is 0 Å². The van der Waals surface area contributed by atoms with Crippen LogP contribution in [-0.2, 0) is 0 Å². The second-order valence-corrected chi connectivity index (χ2v) is 3.93. The highest BCUT2D eigenvalue weighted by Gasteiger charge is 2.14. The van der Waals surface area contributed by atoms with Crippen LogP contribution in [0.3, 0.4) is 0 Å². The van der Waals surface area contributed by atoms with Gasteiger partial charge in [-0.05, 0) is 38.9 Å². The number of nitrogens with two attached hydrogens (primary N) is 1. The molecule has 0 aliphatic carbocycles. The molecule has 0 bridgehead atoms. The summed E-state index contributed by atoms with van der Waals surface area (Å²) in [6.45, 7) is 8.04. The van der Waals surface area contributed by atoms with E-state index in [4.69, 9.17) is 5.73 Å². The fourth-order valence-corrected chi connectivity index (χ4v) is 1.72. The number of nitrogens with zero attached hydrogens (tertiary/aromatic N) is 1. The van der Waals surface area contributed by atoms with Crippen LogP contribution in [0.15, 0.2) is 0 Å². The first-order valence-electron chi connectivity index (χ1n) is 5.51. The van der Waals surface area contributed by atoms with E-state index in [0.717, 1.165) is 13.1 Å². The third kappa shape index (κ3) is 4.60. The predicted octanol–water partition coefficient (Wildman–Crippen LogP) is 0.409. The molecule has 0 amide bonds. The van der Waals surface area contributed by atoms with Gasteiger partial charge in [-0.25, -0.2) is 0 Å². The van der Waals surface area contributed by atoms with Crippen LogP contribution in [0.4, 0.5) is 0 Å². The van der Waals surface area contributed by atoms with E-state index in [-0.39, 0.29) is 0 Å². The van der Waals surface area contributed by atoms with Gasteiger partial charge in [0.15, 0.2) is 0 Å². The van der Waals surface area contributed by atoms with E-state index in [2.05, 4.69) is 17.1 Å². The Morgan fingerprint density at radius 2 is 2.00 bits per heavy atom. The van der Waals surface area contributed by atoms with Gasteiger partial charge < -0.3 is 16.0 Å². The molecule has 0 saturated carbocycles. The fourth-order valence-electron chi connectivity index (χ4n) is 1.72. The van der Waals surface area contributed by atoms with Crippen LogP contribution in [-0.4, -0.2) is 43.7 Å². The van der Waals surface area contributed by atoms with Crippen molar-refractivity contribution in [3.8, 4) is 0 Å². The van der Waals surface area contributed by atoms with E-state index in [1.54, 1.807) is 0 Å². The van der Waals surface area contributed by atoms with Crippen molar-refractivity contribution >= 4 is 0 Å². The first-order valence-corrected chi connectivity index (χ1v) is 5.51. The van der Waals surface area contributed by atoms with Crippen LogP contribution < -0.4 is 11.1 Å². The molecule has 1 heterocycles. The molecular formula is C10H23N3. The molecule has 0 aromatic heterocycles. The molecular weight excluding hydrogens is 162 g/mol. The zero-order chi connectivity index (χ0) is 9.52. The van der Waals surface area contributed by atoms with Gasteiger partial charge in [-0.1, -0.05) is 6.92 Å². The summed E-state index contributed by atoms with van der Waals surface area (Å²) in [6.07, 6.45) is 3.58. The van der Waals surface area contributed by atoms with Crippen molar-refractivity contribution < 1.29 is 0 Å². The van der Waals surface area contributed by atoms with Crippen molar-refractivity contribution in [1.29, 1.82) is 0 Å². The predicted molar refractivity (Wildman–Crippen MR) is 56.8 cm³/mol. The molecule has 0 atom stereocenters. The summed E-state index contributed by atoms with van der Waals surface area (Å²) < 4.78 is 0. The fraction of sp³-hybridized carbons (Fsp3) is 1.00. The summed E-state index contributed by atoms with van der Waals surface area (Å²) in [5, 5.41) is 3.42. The number of piperidine rings is 1. The van der Waals surface area contributed by atoms with Crippen LogP contribution in [0, 0.1) is 0 Å². The molecule has 3 heteroatoms. The molecule has 0 aromatic rings. The lowest BCUT2D eigenvalue weighted by molar-refractivity contribution is 0.214. The number of hydrogen-bond donors (Lipinski definition) is 2. The van der Waals surface area contributed by atoms with Crippen LogP contribution in [0.25, 0.3) is 0 Å². The van der Waals surface area contributed by atoms with Gasteiger partial charge in [-0.2, -0.15) is 0 Å². The standard InChI is InChI=1S/C10H23N3/c1-2-5-12-6-9-13-7-3-10(11)4-8-13/h10,12H,2-9,11H2,1H3. The molecule has 0 radical (unpaired) electrons. The molecule has 1 rings (SSSR count). The lowest BCUT2D eigenvalue weighted by Crippen LogP contribution is -2.42. The molecule has 1 fully saturated rings. The van der Waals surface area contributed by atoms with Gasteiger partial charge in [0.25, 0.3) is 0 Å². The number of rotatable bonds is 5. The average molecular weight is 185 g/mol. The van der Waals surface area contributed by atoms with Crippen molar-refractivity contribution in [3.05, 3.63) is 0 Å². The Bertz CT molecular complexity index is 119. The zero-order valence-electron chi connectivity index (χ0n) is 8.76. The maximum absolute atomic E-state index is 5.83. The molecule has 1 aliphatic heterocycles. The monoisotopic (exact) mass is 185 g/mol. The topological polar surface area (TPSA) is 41.3 Å². The molecule has 0 unspecified atom stereocenters. The van der Waals surface area contributed by atoms with Crippen molar-refractivity contribution in [2.24, 2.45) is 5.73 Å². The highest BCUT2D eigenvalue weighted by molar-refractivity contribution is 4.74. The second kappa shape index (κ2) is 6.35. The quantitative estimate of drug-likeness (QED) is 0.610. The van der Waals surface area contributed by atoms with E-state index >= 15 is 0 Å². The van der Waals surface area contributed by atoms with Crippen molar-refractivity contribution in [2.45, 2.75) is 32.2 Å². The third-order valence-electron chi connectivity index (χ3n) is 2.66. The highest BCUT2D eigenvalue weighted by Crippen LogP contribution is 2.06. The summed E-state index contributed by atoms with van der Waals surface area (Å²) in [7, 11) is 0. The summed E-state index contributed by atoms with van der Waals surface area (Å²) in [5.41, 5.74) is 5.83. The van der Waals surface area contributed by atoms with E-state index in [9.17, 15) is 0 Å². The Morgan fingerprint density at radius 1 is 1.31 bits per heavy atom. The smallest absolute Gasteiger partial charge is 0.0107 e. The zero-order valence-corrected chi connectivity index (χ0v) is 8.76. The lowest BCUT2D eigenvalue weighted by Gasteiger charge is -2.29. The lowest BCUT2D eigenvalue weighted by atomic mass is 10.1. The van der Waals surface area contributed by atoms with Crippen LogP contribution in [0.1, 0.15) is 26.2 Å². The van der Waals surface area contributed by atoms with Gasteiger partial charge in [0, 0.05) is 19.1 Å². The maximum atomic E-state index is 5.83. The van der Waals surface area contributed by atoms with E-state index in [1.165, 1.54) is 38.9 Å². The molecule has 3 N–H and O–H groups in total. The highest BCUT2D eigenvalue weighted by atomic mass is 15.1. The van der Waals surface area contributed by atoms with Crippen molar-refractivity contribution in [2.75, 3.05) is 32.7 Å². The number of nitrogens with one attached hydrogen (secondary N) is 1. The van der Waals surface area contributed by atoms with Gasteiger partial charge in [0.2, 0.25) is 0 Å². The summed E-state index contributed by atoms with van der Waals surface area (Å²) in [4.78, 5) is 2.51. The van der Waals surface area contributed by atoms with Crippen molar-refractivity contribution in [1.82, 2.24) is 10.2 Å². The number of likely N-dealkylation sites (tertiary alicyclic amines) is 1. The Kier molecular flexibility index (Phi) is 5.35. The minimum Gasteiger partial charge on any atom is -0.328 e. The van der Waals surface area contributed by atoms with Gasteiger partial charge in [-0.15, -0.1) is 0 Å². The molecule has 0 aromatic carbocycles. The first-order chi connectivity index (χ1) is 6.33. The Morgan fingerprint density at radius 3 is 2.62 bits per heavy atom. The van der Waals surface area contributed by atoms with Gasteiger partial charge in [-0.3, -0.25) is 0 Å².